The molecule has 0 saturated carbocycles. The molecule has 0 aliphatic rings. The van der Waals surface area contributed by atoms with Gasteiger partial charge < -0.3 is 10.2 Å². The van der Waals surface area contributed by atoms with Crippen molar-refractivity contribution in [3.8, 4) is 0 Å². The van der Waals surface area contributed by atoms with Gasteiger partial charge in [-0.15, -0.1) is 0 Å². The normalized spacial score (nSPS) is 18.2. The van der Waals surface area contributed by atoms with Gasteiger partial charge in [0.25, 0.3) is 0 Å². The number of hydrogen-bond donors (Lipinski definition) is 2. The van der Waals surface area contributed by atoms with Gasteiger partial charge in [-0.25, -0.2) is 4.39 Å². The monoisotopic (exact) mass is 192 g/mol. The number of rotatable bonds is 7. The summed E-state index contributed by atoms with van der Waals surface area (Å²) >= 11 is 0. The number of hydrogen-bond acceptors (Lipinski definition) is 2. The average Bonchev–Trinajstić information content (AvgIpc) is 2.10. The van der Waals surface area contributed by atoms with Crippen LogP contribution in [-0.4, -0.2) is 28.6 Å². The first-order valence-electron chi connectivity index (χ1n) is 5.09. The SMILES string of the molecule is CCCCCC[C@@H](F)[C@@H](O)[C@@H](C)O. The van der Waals surface area contributed by atoms with Gasteiger partial charge in [0.1, 0.15) is 12.3 Å². The number of alkyl halides is 1. The van der Waals surface area contributed by atoms with E-state index in [1.54, 1.807) is 0 Å². The molecule has 13 heavy (non-hydrogen) atoms. The molecule has 0 aromatic carbocycles. The average molecular weight is 192 g/mol. The summed E-state index contributed by atoms with van der Waals surface area (Å²) < 4.78 is 13.1. The van der Waals surface area contributed by atoms with Crippen molar-refractivity contribution in [3.63, 3.8) is 0 Å². The molecule has 2 nitrogen and oxygen atoms in total. The van der Waals surface area contributed by atoms with E-state index in [1.165, 1.54) is 6.92 Å². The minimum atomic E-state index is -1.28. The van der Waals surface area contributed by atoms with E-state index in [0.717, 1.165) is 25.7 Å². The highest BCUT2D eigenvalue weighted by molar-refractivity contribution is 4.72. The highest BCUT2D eigenvalue weighted by Crippen LogP contribution is 2.13. The van der Waals surface area contributed by atoms with Crippen LogP contribution in [0.5, 0.6) is 0 Å². The topological polar surface area (TPSA) is 40.5 Å². The molecule has 0 aliphatic heterocycles. The quantitative estimate of drug-likeness (QED) is 0.606. The van der Waals surface area contributed by atoms with Gasteiger partial charge in [-0.3, -0.25) is 0 Å². The molecule has 0 radical (unpaired) electrons. The standard InChI is InChI=1S/C10H21FO2/c1-3-4-5-6-7-9(11)10(13)8(2)12/h8-10,12-13H,3-7H2,1-2H3/t8-,9-,10+/m1/s1. The Bertz CT molecular complexity index is 117. The van der Waals surface area contributed by atoms with E-state index in [4.69, 9.17) is 10.2 Å². The molecule has 0 heterocycles. The molecule has 2 N–H and O–H groups in total. The molecular formula is C10H21FO2. The van der Waals surface area contributed by atoms with E-state index in [1.807, 2.05) is 0 Å². The van der Waals surface area contributed by atoms with Gasteiger partial charge in [0.2, 0.25) is 0 Å². The van der Waals surface area contributed by atoms with Gasteiger partial charge in [-0.2, -0.15) is 0 Å². The molecule has 0 spiro atoms. The molecular weight excluding hydrogens is 171 g/mol. The largest absolute Gasteiger partial charge is 0.391 e. The summed E-state index contributed by atoms with van der Waals surface area (Å²) in [6.07, 6.45) is 0.904. The van der Waals surface area contributed by atoms with Crippen LogP contribution >= 0.6 is 0 Å². The molecule has 0 amide bonds. The van der Waals surface area contributed by atoms with Gasteiger partial charge in [0.15, 0.2) is 0 Å². The van der Waals surface area contributed by atoms with Crippen molar-refractivity contribution in [3.05, 3.63) is 0 Å². The maximum absolute atomic E-state index is 13.1. The Morgan fingerprint density at radius 3 is 2.23 bits per heavy atom. The first-order valence-corrected chi connectivity index (χ1v) is 5.09. The lowest BCUT2D eigenvalue weighted by atomic mass is 10.0. The maximum atomic E-state index is 13.1. The Kier molecular flexibility index (Phi) is 7.19. The van der Waals surface area contributed by atoms with Gasteiger partial charge in [-0.05, 0) is 13.3 Å². The molecule has 3 heteroatoms. The minimum absolute atomic E-state index is 0.353. The van der Waals surface area contributed by atoms with Gasteiger partial charge in [0.05, 0.1) is 6.10 Å². The minimum Gasteiger partial charge on any atom is -0.391 e. The van der Waals surface area contributed by atoms with E-state index < -0.39 is 18.4 Å². The third-order valence-corrected chi connectivity index (χ3v) is 2.20. The summed E-state index contributed by atoms with van der Waals surface area (Å²) in [7, 11) is 0. The summed E-state index contributed by atoms with van der Waals surface area (Å²) in [5.41, 5.74) is 0. The Balaban J connectivity index is 3.44. The fourth-order valence-corrected chi connectivity index (χ4v) is 1.24. The number of halogens is 1. The van der Waals surface area contributed by atoms with E-state index in [-0.39, 0.29) is 0 Å². The fourth-order valence-electron chi connectivity index (χ4n) is 1.24. The van der Waals surface area contributed by atoms with Crippen molar-refractivity contribution in [2.24, 2.45) is 0 Å². The second kappa shape index (κ2) is 7.27. The number of aliphatic hydroxyl groups is 2. The van der Waals surface area contributed by atoms with E-state index in [2.05, 4.69) is 6.92 Å². The van der Waals surface area contributed by atoms with Crippen molar-refractivity contribution in [1.29, 1.82) is 0 Å². The van der Waals surface area contributed by atoms with Crippen LogP contribution in [0.1, 0.15) is 46.0 Å². The Morgan fingerprint density at radius 2 is 1.77 bits per heavy atom. The molecule has 0 unspecified atom stereocenters. The summed E-state index contributed by atoms with van der Waals surface area (Å²) in [5, 5.41) is 18.0. The second-order valence-electron chi connectivity index (χ2n) is 3.60. The molecule has 0 aromatic rings. The zero-order chi connectivity index (χ0) is 10.3. The van der Waals surface area contributed by atoms with Crippen LogP contribution in [0.15, 0.2) is 0 Å². The van der Waals surface area contributed by atoms with Crippen LogP contribution in [0.2, 0.25) is 0 Å². The van der Waals surface area contributed by atoms with Crippen LogP contribution < -0.4 is 0 Å². The molecule has 0 aliphatic carbocycles. The van der Waals surface area contributed by atoms with Crippen molar-refractivity contribution >= 4 is 0 Å². The predicted molar refractivity (Wildman–Crippen MR) is 51.3 cm³/mol. The van der Waals surface area contributed by atoms with Crippen molar-refractivity contribution in [1.82, 2.24) is 0 Å². The third-order valence-electron chi connectivity index (χ3n) is 2.20. The molecule has 80 valence electrons. The zero-order valence-corrected chi connectivity index (χ0v) is 8.54. The van der Waals surface area contributed by atoms with Crippen LogP contribution in [0, 0.1) is 0 Å². The van der Waals surface area contributed by atoms with Crippen LogP contribution in [0.4, 0.5) is 4.39 Å². The molecule has 0 bridgehead atoms. The predicted octanol–water partition coefficient (Wildman–Crippen LogP) is 2.04. The second-order valence-corrected chi connectivity index (χ2v) is 3.60. The smallest absolute Gasteiger partial charge is 0.128 e. The Labute approximate surface area is 79.8 Å². The summed E-state index contributed by atoms with van der Waals surface area (Å²) in [5.74, 6) is 0. The van der Waals surface area contributed by atoms with Crippen molar-refractivity contribution in [2.45, 2.75) is 64.3 Å². The summed E-state index contributed by atoms with van der Waals surface area (Å²) in [4.78, 5) is 0. The van der Waals surface area contributed by atoms with Crippen LogP contribution in [-0.2, 0) is 0 Å². The Morgan fingerprint density at radius 1 is 1.15 bits per heavy atom. The van der Waals surface area contributed by atoms with E-state index in [9.17, 15) is 4.39 Å². The van der Waals surface area contributed by atoms with Gasteiger partial charge in [0, 0.05) is 0 Å². The summed E-state index contributed by atoms with van der Waals surface area (Å²) in [6, 6.07) is 0. The molecule has 3 atom stereocenters. The molecule has 0 aromatic heterocycles. The lowest BCUT2D eigenvalue weighted by molar-refractivity contribution is -0.0226. The zero-order valence-electron chi connectivity index (χ0n) is 8.54. The third kappa shape index (κ3) is 5.99. The fraction of sp³-hybridized carbons (Fsp3) is 1.00. The van der Waals surface area contributed by atoms with Crippen LogP contribution in [0.3, 0.4) is 0 Å². The van der Waals surface area contributed by atoms with E-state index in [0.29, 0.717) is 6.42 Å². The summed E-state index contributed by atoms with van der Waals surface area (Å²) in [6.45, 7) is 3.50. The molecule has 0 rings (SSSR count). The Hall–Kier alpha value is -0.150. The van der Waals surface area contributed by atoms with E-state index >= 15 is 0 Å². The maximum Gasteiger partial charge on any atom is 0.128 e. The van der Waals surface area contributed by atoms with Crippen molar-refractivity contribution < 1.29 is 14.6 Å². The molecule has 0 saturated heterocycles. The highest BCUT2D eigenvalue weighted by Gasteiger charge is 2.21. The first kappa shape index (κ1) is 12.8. The first-order chi connectivity index (χ1) is 6.09. The van der Waals surface area contributed by atoms with Crippen molar-refractivity contribution in [2.75, 3.05) is 0 Å². The number of aliphatic hydroxyl groups excluding tert-OH is 2. The highest BCUT2D eigenvalue weighted by atomic mass is 19.1. The number of unbranched alkanes of at least 4 members (excludes halogenated alkanes) is 3. The van der Waals surface area contributed by atoms with Gasteiger partial charge >= 0.3 is 0 Å². The lowest BCUT2D eigenvalue weighted by Gasteiger charge is -2.17. The lowest BCUT2D eigenvalue weighted by Crippen LogP contribution is -2.32. The molecule has 0 fully saturated rings. The van der Waals surface area contributed by atoms with Crippen LogP contribution in [0.25, 0.3) is 0 Å². The van der Waals surface area contributed by atoms with Gasteiger partial charge in [-0.1, -0.05) is 32.6 Å².